The maximum absolute atomic E-state index is 4.82. The highest BCUT2D eigenvalue weighted by Gasteiger charge is 1.91. The topological polar surface area (TPSA) is 38.5 Å². The van der Waals surface area contributed by atoms with E-state index in [0.29, 0.717) is 0 Å². The molecule has 0 spiro atoms. The molecule has 0 atom stereocenters. The zero-order chi connectivity index (χ0) is 5.70. The van der Waals surface area contributed by atoms with Crippen LogP contribution in [0, 0.1) is 0 Å². The van der Waals surface area contributed by atoms with Crippen LogP contribution in [-0.4, -0.2) is 18.2 Å². The molecule has 0 amide bonds. The van der Waals surface area contributed by atoms with Crippen molar-refractivity contribution in [1.82, 2.24) is 5.06 Å². The summed E-state index contributed by atoms with van der Waals surface area (Å²) in [5.74, 6) is 4.82. The summed E-state index contributed by atoms with van der Waals surface area (Å²) in [6.45, 7) is 5.65. The first-order valence-corrected chi connectivity index (χ1v) is 2.46. The van der Waals surface area contributed by atoms with Gasteiger partial charge >= 0.3 is 0 Å². The molecule has 44 valence electrons. The Labute approximate surface area is 44.0 Å². The van der Waals surface area contributed by atoms with E-state index >= 15 is 0 Å². The molecule has 7 heavy (non-hydrogen) atoms. The van der Waals surface area contributed by atoms with Gasteiger partial charge in [-0.1, -0.05) is 13.8 Å². The summed E-state index contributed by atoms with van der Waals surface area (Å²) in [5.41, 5.74) is 0. The van der Waals surface area contributed by atoms with Gasteiger partial charge in [0.25, 0.3) is 0 Å². The van der Waals surface area contributed by atoms with Crippen molar-refractivity contribution in [2.24, 2.45) is 5.90 Å². The van der Waals surface area contributed by atoms with Crippen LogP contribution in [0.1, 0.15) is 13.8 Å². The van der Waals surface area contributed by atoms with Crippen LogP contribution in [0.5, 0.6) is 0 Å². The Hall–Kier alpha value is -0.120. The van der Waals surface area contributed by atoms with E-state index in [1.54, 1.807) is 5.06 Å². The van der Waals surface area contributed by atoms with Crippen LogP contribution in [0.4, 0.5) is 0 Å². The lowest BCUT2D eigenvalue weighted by atomic mass is 10.6. The van der Waals surface area contributed by atoms with Crippen LogP contribution in [0.25, 0.3) is 0 Å². The van der Waals surface area contributed by atoms with E-state index in [4.69, 9.17) is 5.90 Å². The molecule has 0 aromatic rings. The average molecular weight is 104 g/mol. The minimum Gasteiger partial charge on any atom is -0.214 e. The first kappa shape index (κ1) is 6.88. The number of hydroxylamine groups is 2. The molecule has 0 aliphatic rings. The summed E-state index contributed by atoms with van der Waals surface area (Å²) in [7, 11) is 0. The Balaban J connectivity index is 2.99. The van der Waals surface area contributed by atoms with Crippen molar-refractivity contribution < 1.29 is 4.94 Å². The monoisotopic (exact) mass is 104 g/mol. The Morgan fingerprint density at radius 1 is 1.43 bits per heavy atom. The van der Waals surface area contributed by atoms with Gasteiger partial charge in [-0.2, -0.15) is 11.0 Å². The van der Waals surface area contributed by atoms with Crippen molar-refractivity contribution in [2.45, 2.75) is 13.8 Å². The molecular weight excluding hydrogens is 92.1 g/mol. The number of nitrogens with zero attached hydrogens (tertiary/aromatic N) is 1. The predicted molar refractivity (Wildman–Crippen MR) is 28.2 cm³/mol. The van der Waals surface area contributed by atoms with Gasteiger partial charge in [-0.15, -0.1) is 0 Å². The lowest BCUT2D eigenvalue weighted by Gasteiger charge is -2.11. The molecule has 0 bridgehead atoms. The van der Waals surface area contributed by atoms with Crippen molar-refractivity contribution >= 4 is 0 Å². The highest BCUT2D eigenvalue weighted by atomic mass is 16.8. The third-order valence-electron chi connectivity index (χ3n) is 0.854. The number of nitrogens with two attached hydrogens (primary N) is 1. The summed E-state index contributed by atoms with van der Waals surface area (Å²) < 4.78 is 0. The number of rotatable bonds is 3. The second-order valence-corrected chi connectivity index (χ2v) is 1.22. The molecule has 0 fully saturated rings. The van der Waals surface area contributed by atoms with Gasteiger partial charge in [0.2, 0.25) is 0 Å². The van der Waals surface area contributed by atoms with Crippen molar-refractivity contribution in [3.05, 3.63) is 0 Å². The average Bonchev–Trinajstić information content (AvgIpc) is 1.72. The quantitative estimate of drug-likeness (QED) is 0.517. The molecular formula is C4H12N2O. The molecule has 0 aliphatic heterocycles. The van der Waals surface area contributed by atoms with Crippen LogP contribution in [0.15, 0.2) is 0 Å². The van der Waals surface area contributed by atoms with E-state index in [1.807, 2.05) is 13.8 Å². The van der Waals surface area contributed by atoms with Gasteiger partial charge in [0.05, 0.1) is 0 Å². The molecule has 0 aromatic heterocycles. The maximum Gasteiger partial charge on any atom is 0.0231 e. The summed E-state index contributed by atoms with van der Waals surface area (Å²) in [4.78, 5) is 4.38. The van der Waals surface area contributed by atoms with Gasteiger partial charge in [0.1, 0.15) is 0 Å². The van der Waals surface area contributed by atoms with Crippen LogP contribution in [0.3, 0.4) is 0 Å². The standard InChI is InChI=1S/C4H12N2O/c1-3-6(4-2)7-5/h3-5H2,1-2H3. The van der Waals surface area contributed by atoms with Gasteiger partial charge in [0, 0.05) is 13.1 Å². The number of hydrogen-bond donors (Lipinski definition) is 1. The Bertz CT molecular complexity index is 31.2. The highest BCUT2D eigenvalue weighted by molar-refractivity contribution is 4.28. The summed E-state index contributed by atoms with van der Waals surface area (Å²) >= 11 is 0. The van der Waals surface area contributed by atoms with E-state index in [9.17, 15) is 0 Å². The lowest BCUT2D eigenvalue weighted by Crippen LogP contribution is -2.26. The van der Waals surface area contributed by atoms with E-state index in [1.165, 1.54) is 0 Å². The fourth-order valence-electron chi connectivity index (χ4n) is 0.373. The smallest absolute Gasteiger partial charge is 0.0231 e. The fraction of sp³-hybridized carbons (Fsp3) is 1.00. The van der Waals surface area contributed by atoms with E-state index in [0.717, 1.165) is 13.1 Å². The van der Waals surface area contributed by atoms with Gasteiger partial charge < -0.3 is 0 Å². The summed E-state index contributed by atoms with van der Waals surface area (Å²) in [6.07, 6.45) is 0. The van der Waals surface area contributed by atoms with Gasteiger partial charge in [0.15, 0.2) is 0 Å². The normalized spacial score (nSPS) is 10.3. The van der Waals surface area contributed by atoms with E-state index < -0.39 is 0 Å². The third-order valence-corrected chi connectivity index (χ3v) is 0.854. The van der Waals surface area contributed by atoms with Gasteiger partial charge in [-0.05, 0) is 0 Å². The van der Waals surface area contributed by atoms with Crippen molar-refractivity contribution in [1.29, 1.82) is 0 Å². The molecule has 3 heteroatoms. The predicted octanol–water partition coefficient (Wildman–Crippen LogP) is 0.134. The molecule has 0 unspecified atom stereocenters. The highest BCUT2D eigenvalue weighted by Crippen LogP contribution is 1.79. The minimum atomic E-state index is 0.840. The van der Waals surface area contributed by atoms with Crippen molar-refractivity contribution in [2.75, 3.05) is 13.1 Å². The number of hydrogen-bond acceptors (Lipinski definition) is 3. The molecule has 0 saturated carbocycles. The minimum absolute atomic E-state index is 0.840. The van der Waals surface area contributed by atoms with Crippen LogP contribution in [-0.2, 0) is 4.94 Å². The molecule has 0 aliphatic carbocycles. The molecule has 0 heterocycles. The SMILES string of the molecule is CCN(CC)ON. The second kappa shape index (κ2) is 4.05. The first-order valence-electron chi connectivity index (χ1n) is 2.46. The Morgan fingerprint density at radius 3 is 1.86 bits per heavy atom. The summed E-state index contributed by atoms with van der Waals surface area (Å²) in [5, 5.41) is 1.65. The van der Waals surface area contributed by atoms with Crippen LogP contribution >= 0.6 is 0 Å². The molecule has 0 aromatic carbocycles. The lowest BCUT2D eigenvalue weighted by molar-refractivity contribution is -0.156. The molecule has 2 N–H and O–H groups in total. The van der Waals surface area contributed by atoms with Crippen molar-refractivity contribution in [3.63, 3.8) is 0 Å². The van der Waals surface area contributed by atoms with Gasteiger partial charge in [-0.25, -0.2) is 4.94 Å². The van der Waals surface area contributed by atoms with Crippen molar-refractivity contribution in [3.8, 4) is 0 Å². The Morgan fingerprint density at radius 2 is 1.86 bits per heavy atom. The second-order valence-electron chi connectivity index (χ2n) is 1.22. The Kier molecular flexibility index (Phi) is 3.98. The molecule has 0 saturated heterocycles. The first-order chi connectivity index (χ1) is 3.35. The summed E-state index contributed by atoms with van der Waals surface area (Å²) in [6, 6.07) is 0. The van der Waals surface area contributed by atoms with Crippen LogP contribution < -0.4 is 5.90 Å². The van der Waals surface area contributed by atoms with E-state index in [-0.39, 0.29) is 0 Å². The fourth-order valence-corrected chi connectivity index (χ4v) is 0.373. The van der Waals surface area contributed by atoms with Crippen LogP contribution in [0.2, 0.25) is 0 Å². The largest absolute Gasteiger partial charge is 0.214 e. The zero-order valence-corrected chi connectivity index (χ0v) is 4.85. The van der Waals surface area contributed by atoms with E-state index in [2.05, 4.69) is 4.94 Å². The zero-order valence-electron chi connectivity index (χ0n) is 4.85. The third kappa shape index (κ3) is 2.56. The molecule has 0 rings (SSSR count). The molecule has 0 radical (unpaired) electrons. The molecule has 3 nitrogen and oxygen atoms in total. The maximum atomic E-state index is 4.82. The van der Waals surface area contributed by atoms with Gasteiger partial charge in [-0.3, -0.25) is 0 Å².